The average molecular weight is 825 g/mol. The van der Waals surface area contributed by atoms with Crippen molar-refractivity contribution in [3.05, 3.63) is 123 Å². The Kier molecular flexibility index (Phi) is 9.23. The standard InChI is InChI=1S/C40H31Cl2F4N5O6/c1-49(34-28(42)14-16-31(47-34)40(44,45)46)51-35(53)25-13-12-24-26(32(25)37(51)55)18-27-36(54)50(48-23-10-8-22(43)9-11-23)38(56)39(27,20-4-6-21(41)7-5-20)33(24)19-3-15-29(52)30(17-19)57-2/h3-12,14-17,25-27,32-33,48,52H,13,18H2,1-2H3. The molecule has 3 fully saturated rings. The summed E-state index contributed by atoms with van der Waals surface area (Å²) in [5.41, 5.74) is 1.52. The van der Waals surface area contributed by atoms with Crippen molar-refractivity contribution in [3.63, 3.8) is 0 Å². The van der Waals surface area contributed by atoms with Crippen molar-refractivity contribution in [2.75, 3.05) is 24.6 Å². The number of anilines is 2. The molecule has 0 spiro atoms. The van der Waals surface area contributed by atoms with Crippen LogP contribution in [0.1, 0.15) is 35.6 Å². The maximum Gasteiger partial charge on any atom is 0.433 e. The van der Waals surface area contributed by atoms with Crippen LogP contribution in [-0.4, -0.2) is 57.9 Å². The number of amides is 4. The zero-order chi connectivity index (χ0) is 40.7. The van der Waals surface area contributed by atoms with E-state index in [9.17, 15) is 37.1 Å². The van der Waals surface area contributed by atoms with Crippen LogP contribution in [0.4, 0.5) is 29.1 Å². The Bertz CT molecular complexity index is 2380. The number of allylic oxidation sites excluding steroid dienone is 2. The molecule has 1 saturated carbocycles. The van der Waals surface area contributed by atoms with Gasteiger partial charge in [0.05, 0.1) is 41.0 Å². The van der Waals surface area contributed by atoms with E-state index in [0.29, 0.717) is 27.8 Å². The molecular weight excluding hydrogens is 793 g/mol. The average Bonchev–Trinajstić information content (AvgIpc) is 3.56. The summed E-state index contributed by atoms with van der Waals surface area (Å²) < 4.78 is 60.4. The Morgan fingerprint density at radius 1 is 0.930 bits per heavy atom. The molecule has 6 atom stereocenters. The summed E-state index contributed by atoms with van der Waals surface area (Å²) in [7, 11) is 2.56. The van der Waals surface area contributed by atoms with Crippen molar-refractivity contribution >= 4 is 58.3 Å². The fourth-order valence-electron chi connectivity index (χ4n) is 9.09. The van der Waals surface area contributed by atoms with E-state index in [1.807, 2.05) is 0 Å². The molecule has 4 aromatic rings. The van der Waals surface area contributed by atoms with Gasteiger partial charge in [0.1, 0.15) is 11.5 Å². The van der Waals surface area contributed by atoms with Gasteiger partial charge in [-0.3, -0.25) is 29.6 Å². The number of hydrazine groups is 2. The van der Waals surface area contributed by atoms with Gasteiger partial charge in [0.25, 0.3) is 23.6 Å². The smallest absolute Gasteiger partial charge is 0.433 e. The molecule has 6 unspecified atom stereocenters. The van der Waals surface area contributed by atoms with Gasteiger partial charge in [-0.1, -0.05) is 53.1 Å². The maximum absolute atomic E-state index is 15.3. The number of methoxy groups -OCH3 is 1. The number of benzene rings is 3. The molecule has 2 aliphatic heterocycles. The number of aromatic hydroxyl groups is 1. The van der Waals surface area contributed by atoms with Crippen molar-refractivity contribution in [3.8, 4) is 11.5 Å². The molecular formula is C40H31Cl2F4N5O6. The van der Waals surface area contributed by atoms with Gasteiger partial charge in [0.15, 0.2) is 17.3 Å². The summed E-state index contributed by atoms with van der Waals surface area (Å²) in [5, 5.41) is 13.3. The van der Waals surface area contributed by atoms with Crippen LogP contribution in [0.3, 0.4) is 0 Å². The number of aromatic nitrogens is 1. The molecule has 2 saturated heterocycles. The first-order chi connectivity index (χ1) is 27.1. The van der Waals surface area contributed by atoms with E-state index in [4.69, 9.17) is 27.9 Å². The number of carbonyl (C=O) groups is 4. The number of alkyl halides is 3. The fourth-order valence-corrected chi connectivity index (χ4v) is 9.45. The number of phenolic OH excluding ortho intramolecular Hbond substituents is 1. The predicted octanol–water partition coefficient (Wildman–Crippen LogP) is 7.30. The van der Waals surface area contributed by atoms with Gasteiger partial charge in [-0.2, -0.15) is 23.2 Å². The van der Waals surface area contributed by atoms with Crippen molar-refractivity contribution in [2.24, 2.45) is 23.7 Å². The van der Waals surface area contributed by atoms with E-state index >= 15 is 4.79 Å². The Labute approximate surface area is 332 Å². The van der Waals surface area contributed by atoms with Crippen molar-refractivity contribution in [1.29, 1.82) is 0 Å². The third-order valence-electron chi connectivity index (χ3n) is 11.5. The van der Waals surface area contributed by atoms with E-state index < -0.39 is 82.1 Å². The summed E-state index contributed by atoms with van der Waals surface area (Å²) in [6, 6.07) is 17.7. The van der Waals surface area contributed by atoms with Crippen LogP contribution in [0.2, 0.25) is 10.0 Å². The number of hydrogen-bond acceptors (Lipinski definition) is 9. The second-order valence-corrected chi connectivity index (χ2v) is 15.2. The van der Waals surface area contributed by atoms with Crippen molar-refractivity contribution in [2.45, 2.75) is 30.4 Å². The zero-order valence-corrected chi connectivity index (χ0v) is 31.4. The molecule has 57 heavy (non-hydrogen) atoms. The number of nitrogens with zero attached hydrogens (tertiary/aromatic N) is 4. The number of hydrogen-bond donors (Lipinski definition) is 2. The second kappa shape index (κ2) is 13.8. The first-order valence-corrected chi connectivity index (χ1v) is 18.4. The number of pyridine rings is 1. The van der Waals surface area contributed by atoms with E-state index in [-0.39, 0.29) is 35.1 Å². The summed E-state index contributed by atoms with van der Waals surface area (Å²) >= 11 is 12.6. The van der Waals surface area contributed by atoms with Crippen LogP contribution in [-0.2, 0) is 30.8 Å². The highest BCUT2D eigenvalue weighted by Crippen LogP contribution is 2.64. The first-order valence-electron chi connectivity index (χ1n) is 17.7. The highest BCUT2D eigenvalue weighted by molar-refractivity contribution is 6.33. The monoisotopic (exact) mass is 823 g/mol. The lowest BCUT2D eigenvalue weighted by molar-refractivity contribution is -0.142. The molecule has 3 heterocycles. The highest BCUT2D eigenvalue weighted by atomic mass is 35.5. The number of nitrogens with one attached hydrogen (secondary N) is 1. The molecule has 4 aliphatic rings. The third-order valence-corrected chi connectivity index (χ3v) is 12.0. The normalized spacial score (nSPS) is 25.5. The zero-order valence-electron chi connectivity index (χ0n) is 29.9. The lowest BCUT2D eigenvalue weighted by atomic mass is 9.49. The maximum atomic E-state index is 15.3. The molecule has 0 radical (unpaired) electrons. The van der Waals surface area contributed by atoms with Crippen LogP contribution in [0.25, 0.3) is 0 Å². The van der Waals surface area contributed by atoms with Crippen LogP contribution in [0, 0.1) is 29.5 Å². The van der Waals surface area contributed by atoms with Gasteiger partial charge in [-0.15, -0.1) is 0 Å². The van der Waals surface area contributed by atoms with E-state index in [1.165, 1.54) is 32.4 Å². The number of ether oxygens (including phenoxy) is 1. The minimum Gasteiger partial charge on any atom is -0.504 e. The Morgan fingerprint density at radius 3 is 2.30 bits per heavy atom. The molecule has 11 nitrogen and oxygen atoms in total. The lowest BCUT2D eigenvalue weighted by Crippen LogP contribution is -2.53. The Balaban J connectivity index is 1.29. The predicted molar refractivity (Wildman–Crippen MR) is 198 cm³/mol. The molecule has 294 valence electrons. The Morgan fingerprint density at radius 2 is 1.63 bits per heavy atom. The summed E-state index contributed by atoms with van der Waals surface area (Å²) in [6.07, 6.45) is -3.17. The van der Waals surface area contributed by atoms with Crippen molar-refractivity contribution in [1.82, 2.24) is 15.0 Å². The molecule has 17 heteroatoms. The number of imide groups is 2. The minimum atomic E-state index is -4.85. The number of fused-ring (bicyclic) bond motifs is 4. The van der Waals surface area contributed by atoms with Gasteiger partial charge in [-0.25, -0.2) is 9.37 Å². The number of carbonyl (C=O) groups excluding carboxylic acids is 4. The largest absolute Gasteiger partial charge is 0.504 e. The highest BCUT2D eigenvalue weighted by Gasteiger charge is 2.70. The summed E-state index contributed by atoms with van der Waals surface area (Å²) in [4.78, 5) is 62.5. The van der Waals surface area contributed by atoms with Gasteiger partial charge >= 0.3 is 6.18 Å². The van der Waals surface area contributed by atoms with Crippen molar-refractivity contribution < 1.29 is 46.6 Å². The molecule has 3 aromatic carbocycles. The summed E-state index contributed by atoms with van der Waals surface area (Å²) in [6.45, 7) is 0. The fraction of sp³-hybridized carbons (Fsp3) is 0.275. The van der Waals surface area contributed by atoms with Gasteiger partial charge in [0, 0.05) is 18.0 Å². The van der Waals surface area contributed by atoms with Gasteiger partial charge in [0.2, 0.25) is 0 Å². The van der Waals surface area contributed by atoms with Crippen LogP contribution < -0.4 is 15.2 Å². The molecule has 8 rings (SSSR count). The van der Waals surface area contributed by atoms with Gasteiger partial charge in [-0.05, 0) is 90.6 Å². The third kappa shape index (κ3) is 5.89. The van der Waals surface area contributed by atoms with E-state index in [1.54, 1.807) is 42.5 Å². The first kappa shape index (κ1) is 38.2. The van der Waals surface area contributed by atoms with E-state index in [2.05, 4.69) is 10.4 Å². The Hall–Kier alpha value is -5.67. The lowest BCUT2D eigenvalue weighted by Gasteiger charge is -2.50. The summed E-state index contributed by atoms with van der Waals surface area (Å²) in [5.74, 6) is -9.08. The van der Waals surface area contributed by atoms with Crippen LogP contribution in [0.15, 0.2) is 90.5 Å². The van der Waals surface area contributed by atoms with Gasteiger partial charge < -0.3 is 9.84 Å². The van der Waals surface area contributed by atoms with Crippen LogP contribution in [0.5, 0.6) is 11.5 Å². The van der Waals surface area contributed by atoms with Crippen LogP contribution >= 0.6 is 23.2 Å². The number of halogens is 6. The SMILES string of the molecule is COc1cc(C2C3=CCC4C(=O)N(N(C)c5nc(C(F)(F)F)ccc5Cl)C(=O)C4C3CC3C(=O)N(Nc4ccc(F)cc4)C(=O)C32c2ccc(Cl)cc2)ccc1O. The quantitative estimate of drug-likeness (QED) is 0.112. The molecule has 4 amide bonds. The molecule has 1 aromatic heterocycles. The molecule has 0 bridgehead atoms. The minimum absolute atomic E-state index is 0.00191. The topological polar surface area (TPSA) is 132 Å². The number of phenols is 1. The second-order valence-electron chi connectivity index (χ2n) is 14.3. The molecule has 2 N–H and O–H groups in total. The number of rotatable bonds is 7. The van der Waals surface area contributed by atoms with E-state index in [0.717, 1.165) is 33.2 Å². The molecule has 2 aliphatic carbocycles.